The smallest absolute Gasteiger partial charge is 0.254 e. The van der Waals surface area contributed by atoms with Crippen LogP contribution in [0.5, 0.6) is 0 Å². The fourth-order valence-electron chi connectivity index (χ4n) is 2.02. The van der Waals surface area contributed by atoms with Crippen molar-refractivity contribution < 1.29 is 4.79 Å². The Morgan fingerprint density at radius 2 is 2.10 bits per heavy atom. The van der Waals surface area contributed by atoms with Gasteiger partial charge in [-0.2, -0.15) is 0 Å². The van der Waals surface area contributed by atoms with Crippen molar-refractivity contribution in [2.24, 2.45) is 0 Å². The predicted molar refractivity (Wildman–Crippen MR) is 88.4 cm³/mol. The molecule has 1 amide bonds. The van der Waals surface area contributed by atoms with Crippen LogP contribution in [0.2, 0.25) is 5.02 Å². The van der Waals surface area contributed by atoms with Crippen LogP contribution in [-0.4, -0.2) is 21.8 Å². The van der Waals surface area contributed by atoms with Gasteiger partial charge in [0.05, 0.1) is 0 Å². The molecule has 3 nitrogen and oxygen atoms in total. The Labute approximate surface area is 138 Å². The van der Waals surface area contributed by atoms with Crippen molar-refractivity contribution in [2.75, 3.05) is 0 Å². The van der Waals surface area contributed by atoms with Gasteiger partial charge in [-0.1, -0.05) is 23.7 Å². The summed E-state index contributed by atoms with van der Waals surface area (Å²) in [5, 5.41) is 0.676. The first-order valence-electron chi connectivity index (χ1n) is 6.64. The fourth-order valence-corrected chi connectivity index (χ4v) is 2.60. The molecule has 0 atom stereocenters. The number of rotatable bonds is 4. The largest absolute Gasteiger partial charge is 0.332 e. The molecule has 0 radical (unpaired) electrons. The van der Waals surface area contributed by atoms with Gasteiger partial charge in [-0.25, -0.2) is 4.98 Å². The lowest BCUT2D eigenvalue weighted by Gasteiger charge is -2.27. The molecule has 0 spiro atoms. The van der Waals surface area contributed by atoms with Crippen LogP contribution in [0, 0.1) is 0 Å². The third kappa shape index (κ3) is 4.29. The Bertz CT molecular complexity index is 646. The summed E-state index contributed by atoms with van der Waals surface area (Å²) in [5.41, 5.74) is 1.63. The van der Waals surface area contributed by atoms with E-state index in [9.17, 15) is 4.79 Å². The van der Waals surface area contributed by atoms with Crippen LogP contribution in [0.4, 0.5) is 0 Å². The summed E-state index contributed by atoms with van der Waals surface area (Å²) in [6, 6.07) is 11.1. The minimum absolute atomic E-state index is 0.0203. The van der Waals surface area contributed by atoms with Crippen molar-refractivity contribution in [1.82, 2.24) is 9.88 Å². The van der Waals surface area contributed by atoms with Crippen LogP contribution < -0.4 is 0 Å². The van der Waals surface area contributed by atoms with Crippen molar-refractivity contribution in [3.05, 3.63) is 63.3 Å². The van der Waals surface area contributed by atoms with Crippen molar-refractivity contribution in [2.45, 2.75) is 26.4 Å². The summed E-state index contributed by atoms with van der Waals surface area (Å²) < 4.78 is 0.653. The SMILES string of the molecule is CC(C)N(Cc1cccc(Cl)c1)C(=O)c1ccnc(Br)c1. The molecule has 110 valence electrons. The molecule has 1 aromatic heterocycles. The molecule has 0 fully saturated rings. The molecular formula is C16H16BrClN2O. The van der Waals surface area contributed by atoms with Gasteiger partial charge in [0.1, 0.15) is 4.60 Å². The molecule has 0 N–H and O–H groups in total. The quantitative estimate of drug-likeness (QED) is 0.743. The lowest BCUT2D eigenvalue weighted by Crippen LogP contribution is -2.36. The van der Waals surface area contributed by atoms with Gasteiger partial charge in [0.25, 0.3) is 5.91 Å². The molecule has 21 heavy (non-hydrogen) atoms. The number of aromatic nitrogens is 1. The number of halogens is 2. The van der Waals surface area contributed by atoms with Crippen molar-refractivity contribution in [3.8, 4) is 0 Å². The van der Waals surface area contributed by atoms with E-state index in [0.29, 0.717) is 21.7 Å². The Morgan fingerprint density at radius 1 is 1.33 bits per heavy atom. The number of pyridine rings is 1. The number of hydrogen-bond donors (Lipinski definition) is 0. The van der Waals surface area contributed by atoms with Gasteiger partial charge < -0.3 is 4.90 Å². The second kappa shape index (κ2) is 7.05. The van der Waals surface area contributed by atoms with Gasteiger partial charge in [-0.05, 0) is 59.6 Å². The normalized spacial score (nSPS) is 10.7. The maximum atomic E-state index is 12.7. The highest BCUT2D eigenvalue weighted by atomic mass is 79.9. The Morgan fingerprint density at radius 3 is 2.71 bits per heavy atom. The number of benzene rings is 1. The van der Waals surface area contributed by atoms with E-state index in [0.717, 1.165) is 5.56 Å². The molecule has 0 aliphatic heterocycles. The zero-order valence-electron chi connectivity index (χ0n) is 11.9. The number of nitrogens with zero attached hydrogens (tertiary/aromatic N) is 2. The van der Waals surface area contributed by atoms with Gasteiger partial charge in [0.2, 0.25) is 0 Å². The molecule has 1 heterocycles. The van der Waals surface area contributed by atoms with Crippen molar-refractivity contribution >= 4 is 33.4 Å². The number of hydrogen-bond acceptors (Lipinski definition) is 2. The molecular weight excluding hydrogens is 352 g/mol. The minimum atomic E-state index is -0.0203. The zero-order valence-corrected chi connectivity index (χ0v) is 14.2. The third-order valence-corrected chi connectivity index (χ3v) is 3.77. The Hall–Kier alpha value is -1.39. The van der Waals surface area contributed by atoms with Crippen molar-refractivity contribution in [1.29, 1.82) is 0 Å². The van der Waals surface area contributed by atoms with Crippen LogP contribution >= 0.6 is 27.5 Å². The topological polar surface area (TPSA) is 33.2 Å². The summed E-state index contributed by atoms with van der Waals surface area (Å²) >= 11 is 9.30. The minimum Gasteiger partial charge on any atom is -0.332 e. The van der Waals surface area contributed by atoms with Gasteiger partial charge in [0, 0.05) is 29.4 Å². The lowest BCUT2D eigenvalue weighted by atomic mass is 10.1. The Balaban J connectivity index is 2.25. The summed E-state index contributed by atoms with van der Waals surface area (Å²) in [6.45, 7) is 4.52. The molecule has 1 aromatic carbocycles. The lowest BCUT2D eigenvalue weighted by molar-refractivity contribution is 0.0690. The molecule has 0 aliphatic carbocycles. The highest BCUT2D eigenvalue weighted by molar-refractivity contribution is 9.10. The van der Waals surface area contributed by atoms with E-state index in [1.807, 2.05) is 43.0 Å². The Kier molecular flexibility index (Phi) is 5.37. The van der Waals surface area contributed by atoms with Crippen LogP contribution in [0.3, 0.4) is 0 Å². The first kappa shape index (κ1) is 16.0. The first-order valence-corrected chi connectivity index (χ1v) is 7.81. The predicted octanol–water partition coefficient (Wildman–Crippen LogP) is 4.55. The number of carbonyl (C=O) groups excluding carboxylic acids is 1. The average molecular weight is 368 g/mol. The molecule has 0 saturated heterocycles. The number of amides is 1. The van der Waals surface area contributed by atoms with E-state index in [1.54, 1.807) is 18.3 Å². The van der Waals surface area contributed by atoms with E-state index in [2.05, 4.69) is 20.9 Å². The van der Waals surface area contributed by atoms with E-state index < -0.39 is 0 Å². The van der Waals surface area contributed by atoms with E-state index >= 15 is 0 Å². The number of carbonyl (C=O) groups is 1. The maximum absolute atomic E-state index is 12.7. The molecule has 2 rings (SSSR count). The molecule has 0 saturated carbocycles. The molecule has 0 aliphatic rings. The summed E-state index contributed by atoms with van der Waals surface area (Å²) in [6.07, 6.45) is 1.62. The van der Waals surface area contributed by atoms with E-state index in [1.165, 1.54) is 0 Å². The molecule has 5 heteroatoms. The van der Waals surface area contributed by atoms with Crippen LogP contribution in [0.15, 0.2) is 47.2 Å². The fraction of sp³-hybridized carbons (Fsp3) is 0.250. The van der Waals surface area contributed by atoms with Crippen molar-refractivity contribution in [3.63, 3.8) is 0 Å². The van der Waals surface area contributed by atoms with Crippen LogP contribution in [-0.2, 0) is 6.54 Å². The second-order valence-corrected chi connectivity index (χ2v) is 6.27. The van der Waals surface area contributed by atoms with E-state index in [4.69, 9.17) is 11.6 Å². The van der Waals surface area contributed by atoms with E-state index in [-0.39, 0.29) is 11.9 Å². The molecule has 0 bridgehead atoms. The summed E-state index contributed by atoms with van der Waals surface area (Å²) in [5.74, 6) is -0.0203. The van der Waals surface area contributed by atoms with Crippen LogP contribution in [0.25, 0.3) is 0 Å². The average Bonchev–Trinajstić information content (AvgIpc) is 2.44. The van der Waals surface area contributed by atoms with Gasteiger partial charge in [-0.3, -0.25) is 4.79 Å². The van der Waals surface area contributed by atoms with Gasteiger partial charge in [0.15, 0.2) is 0 Å². The third-order valence-electron chi connectivity index (χ3n) is 3.10. The van der Waals surface area contributed by atoms with Crippen LogP contribution in [0.1, 0.15) is 29.8 Å². The van der Waals surface area contributed by atoms with Gasteiger partial charge >= 0.3 is 0 Å². The molecule has 2 aromatic rings. The summed E-state index contributed by atoms with van der Waals surface area (Å²) in [7, 11) is 0. The maximum Gasteiger partial charge on any atom is 0.254 e. The standard InChI is InChI=1S/C16H16BrClN2O/c1-11(2)20(10-12-4-3-5-14(18)8-12)16(21)13-6-7-19-15(17)9-13/h3-9,11H,10H2,1-2H3. The van der Waals surface area contributed by atoms with Gasteiger partial charge in [-0.15, -0.1) is 0 Å². The zero-order chi connectivity index (χ0) is 15.4. The monoisotopic (exact) mass is 366 g/mol. The first-order chi connectivity index (χ1) is 9.97. The summed E-state index contributed by atoms with van der Waals surface area (Å²) in [4.78, 5) is 18.5. The highest BCUT2D eigenvalue weighted by Crippen LogP contribution is 2.17. The second-order valence-electron chi connectivity index (χ2n) is 5.02. The molecule has 0 unspecified atom stereocenters. The highest BCUT2D eigenvalue weighted by Gasteiger charge is 2.19.